The molecule has 2 aromatic carbocycles. The zero-order valence-corrected chi connectivity index (χ0v) is 12.5. The van der Waals surface area contributed by atoms with Gasteiger partial charge in [-0.1, -0.05) is 18.2 Å². The summed E-state index contributed by atoms with van der Waals surface area (Å²) in [4.78, 5) is 20.6. The maximum Gasteiger partial charge on any atom is 0.255 e. The molecule has 0 bridgehead atoms. The number of aromatic nitrogens is 2. The number of benzene rings is 2. The van der Waals surface area contributed by atoms with Gasteiger partial charge in [-0.05, 0) is 43.3 Å². The first-order valence-corrected chi connectivity index (χ1v) is 7.09. The Balaban J connectivity index is 1.84. The monoisotopic (exact) mass is 307 g/mol. The molecule has 1 heterocycles. The third-order valence-electron chi connectivity index (χ3n) is 3.28. The molecule has 0 aliphatic heterocycles. The lowest BCUT2D eigenvalue weighted by molar-refractivity contribution is 0.102. The van der Waals surface area contributed by atoms with Crippen LogP contribution in [0.5, 0.6) is 0 Å². The number of aryl methyl sites for hydroxylation is 1. The van der Waals surface area contributed by atoms with E-state index in [-0.39, 0.29) is 11.5 Å². The van der Waals surface area contributed by atoms with Gasteiger partial charge in [0.2, 0.25) is 0 Å². The van der Waals surface area contributed by atoms with Gasteiger partial charge in [0.1, 0.15) is 11.6 Å². The van der Waals surface area contributed by atoms with E-state index >= 15 is 0 Å². The second-order valence-corrected chi connectivity index (χ2v) is 5.03. The molecule has 0 unspecified atom stereocenters. The van der Waals surface area contributed by atoms with Crippen LogP contribution in [-0.2, 0) is 0 Å². The van der Waals surface area contributed by atoms with E-state index in [1.54, 1.807) is 24.4 Å². The van der Waals surface area contributed by atoms with Crippen LogP contribution in [-0.4, -0.2) is 15.9 Å². The normalized spacial score (nSPS) is 10.3. The summed E-state index contributed by atoms with van der Waals surface area (Å²) in [5.41, 5.74) is 2.54. The fraction of sp³-hybridized carbons (Fsp3) is 0.0556. The van der Waals surface area contributed by atoms with E-state index in [0.29, 0.717) is 11.5 Å². The molecule has 1 aromatic heterocycles. The van der Waals surface area contributed by atoms with Crippen molar-refractivity contribution in [2.75, 3.05) is 5.32 Å². The number of carbonyl (C=O) groups excluding carboxylic acids is 1. The number of halogens is 1. The Morgan fingerprint density at radius 2 is 1.91 bits per heavy atom. The molecule has 0 aliphatic rings. The quantitative estimate of drug-likeness (QED) is 0.799. The van der Waals surface area contributed by atoms with Crippen molar-refractivity contribution in [3.8, 4) is 11.3 Å². The van der Waals surface area contributed by atoms with Crippen LogP contribution in [0.25, 0.3) is 11.3 Å². The minimum atomic E-state index is -0.442. The molecule has 0 fully saturated rings. The van der Waals surface area contributed by atoms with E-state index in [9.17, 15) is 9.18 Å². The highest BCUT2D eigenvalue weighted by atomic mass is 19.1. The molecule has 5 heteroatoms. The molecule has 0 aliphatic carbocycles. The van der Waals surface area contributed by atoms with Crippen LogP contribution in [0.2, 0.25) is 0 Å². The molecule has 4 nitrogen and oxygen atoms in total. The smallest absolute Gasteiger partial charge is 0.255 e. The van der Waals surface area contributed by atoms with Crippen molar-refractivity contribution >= 4 is 11.6 Å². The fourth-order valence-corrected chi connectivity index (χ4v) is 2.21. The average Bonchev–Trinajstić information content (AvgIpc) is 2.55. The molecule has 114 valence electrons. The molecular weight excluding hydrogens is 293 g/mol. The number of rotatable bonds is 3. The Kier molecular flexibility index (Phi) is 4.10. The van der Waals surface area contributed by atoms with Gasteiger partial charge in [0.05, 0.1) is 5.69 Å². The molecule has 1 amide bonds. The largest absolute Gasteiger partial charge is 0.322 e. The summed E-state index contributed by atoms with van der Waals surface area (Å²) in [7, 11) is 0. The van der Waals surface area contributed by atoms with Crippen molar-refractivity contribution in [1.82, 2.24) is 9.97 Å². The number of hydrogen-bond acceptors (Lipinski definition) is 3. The Morgan fingerprint density at radius 3 is 2.70 bits per heavy atom. The number of amides is 1. The molecule has 0 spiro atoms. The molecule has 0 saturated carbocycles. The number of anilines is 1. The van der Waals surface area contributed by atoms with Gasteiger partial charge in [-0.25, -0.2) is 14.4 Å². The first-order valence-electron chi connectivity index (χ1n) is 7.09. The van der Waals surface area contributed by atoms with Crippen molar-refractivity contribution in [3.05, 3.63) is 78.0 Å². The van der Waals surface area contributed by atoms with Gasteiger partial charge < -0.3 is 5.32 Å². The zero-order chi connectivity index (χ0) is 16.2. The lowest BCUT2D eigenvalue weighted by atomic mass is 10.1. The maximum atomic E-state index is 13.2. The first kappa shape index (κ1) is 14.8. The lowest BCUT2D eigenvalue weighted by Gasteiger charge is -2.08. The van der Waals surface area contributed by atoms with Gasteiger partial charge in [-0.3, -0.25) is 4.79 Å². The van der Waals surface area contributed by atoms with Gasteiger partial charge in [-0.15, -0.1) is 0 Å². The van der Waals surface area contributed by atoms with Gasteiger partial charge in [-0.2, -0.15) is 0 Å². The molecule has 23 heavy (non-hydrogen) atoms. The highest BCUT2D eigenvalue weighted by molar-refractivity contribution is 6.04. The van der Waals surface area contributed by atoms with Gasteiger partial charge in [0.25, 0.3) is 5.91 Å². The van der Waals surface area contributed by atoms with Crippen LogP contribution in [0.4, 0.5) is 10.1 Å². The van der Waals surface area contributed by atoms with E-state index in [0.717, 1.165) is 11.3 Å². The van der Waals surface area contributed by atoms with Crippen LogP contribution in [0, 0.1) is 12.7 Å². The Morgan fingerprint density at radius 1 is 1.09 bits per heavy atom. The minimum Gasteiger partial charge on any atom is -0.322 e. The molecular formula is C18H14FN3O. The summed E-state index contributed by atoms with van der Waals surface area (Å²) in [5, 5.41) is 2.76. The van der Waals surface area contributed by atoms with Crippen LogP contribution >= 0.6 is 0 Å². The van der Waals surface area contributed by atoms with Crippen molar-refractivity contribution in [1.29, 1.82) is 0 Å². The first-order chi connectivity index (χ1) is 11.1. The van der Waals surface area contributed by atoms with Crippen molar-refractivity contribution in [3.63, 3.8) is 0 Å². The number of nitrogens with zero attached hydrogens (tertiary/aromatic N) is 2. The Labute approximate surface area is 133 Å². The topological polar surface area (TPSA) is 54.9 Å². The summed E-state index contributed by atoms with van der Waals surface area (Å²) in [6.07, 6.45) is 1.69. The zero-order valence-electron chi connectivity index (χ0n) is 12.5. The third-order valence-corrected chi connectivity index (χ3v) is 3.28. The molecule has 0 radical (unpaired) electrons. The lowest BCUT2D eigenvalue weighted by Crippen LogP contribution is -2.12. The summed E-state index contributed by atoms with van der Waals surface area (Å²) in [6.45, 7) is 1.82. The maximum absolute atomic E-state index is 13.2. The van der Waals surface area contributed by atoms with Crippen molar-refractivity contribution in [2.45, 2.75) is 6.92 Å². The van der Waals surface area contributed by atoms with Gasteiger partial charge in [0, 0.05) is 23.0 Å². The van der Waals surface area contributed by atoms with E-state index in [1.165, 1.54) is 18.2 Å². The van der Waals surface area contributed by atoms with E-state index in [2.05, 4.69) is 15.3 Å². The van der Waals surface area contributed by atoms with E-state index in [1.807, 2.05) is 25.1 Å². The summed E-state index contributed by atoms with van der Waals surface area (Å²) >= 11 is 0. The highest BCUT2D eigenvalue weighted by Crippen LogP contribution is 2.21. The second kappa shape index (κ2) is 6.36. The summed E-state index contributed by atoms with van der Waals surface area (Å²) in [6, 6.07) is 14.7. The molecule has 0 saturated heterocycles. The Hall–Kier alpha value is -3.08. The summed E-state index contributed by atoms with van der Waals surface area (Å²) < 4.78 is 13.2. The van der Waals surface area contributed by atoms with Crippen molar-refractivity contribution in [2.24, 2.45) is 0 Å². The average molecular weight is 307 g/mol. The summed E-state index contributed by atoms with van der Waals surface area (Å²) in [5.74, 6) is -0.125. The van der Waals surface area contributed by atoms with Crippen molar-refractivity contribution < 1.29 is 9.18 Å². The van der Waals surface area contributed by atoms with Crippen LogP contribution < -0.4 is 5.32 Å². The molecule has 3 aromatic rings. The van der Waals surface area contributed by atoms with E-state index in [4.69, 9.17) is 0 Å². The van der Waals surface area contributed by atoms with Crippen LogP contribution in [0.15, 0.2) is 60.8 Å². The van der Waals surface area contributed by atoms with Crippen LogP contribution in [0.1, 0.15) is 16.2 Å². The Bertz CT molecular complexity index is 864. The number of nitrogens with one attached hydrogen (secondary N) is 1. The predicted molar refractivity (Wildman–Crippen MR) is 86.6 cm³/mol. The fourth-order valence-electron chi connectivity index (χ4n) is 2.21. The van der Waals surface area contributed by atoms with Gasteiger partial charge in [0.15, 0.2) is 0 Å². The third kappa shape index (κ3) is 3.58. The molecule has 1 N–H and O–H groups in total. The van der Waals surface area contributed by atoms with E-state index < -0.39 is 5.82 Å². The highest BCUT2D eigenvalue weighted by Gasteiger charge is 2.08. The number of hydrogen-bond donors (Lipinski definition) is 1. The molecule has 0 atom stereocenters. The second-order valence-electron chi connectivity index (χ2n) is 5.03. The number of carbonyl (C=O) groups is 1. The molecule has 3 rings (SSSR count). The predicted octanol–water partition coefficient (Wildman–Crippen LogP) is 3.84. The minimum absolute atomic E-state index is 0.272. The standard InChI is InChI=1S/C18H14FN3O/c1-12-20-9-8-17(21-12)13-4-3-7-16(11-13)22-18(23)14-5-2-6-15(19)10-14/h2-11H,1H3,(H,22,23). The van der Waals surface area contributed by atoms with Gasteiger partial charge >= 0.3 is 0 Å². The van der Waals surface area contributed by atoms with Crippen LogP contribution in [0.3, 0.4) is 0 Å². The SMILES string of the molecule is Cc1nccc(-c2cccc(NC(=O)c3cccc(F)c3)c2)n1.